The first-order valence-electron chi connectivity index (χ1n) is 13.5. The smallest absolute Gasteiger partial charge is 0.270 e. The normalized spacial score (nSPS) is 28.7. The third kappa shape index (κ3) is 4.75. The lowest BCUT2D eigenvalue weighted by Gasteiger charge is -2.37. The molecule has 4 aliphatic rings. The number of hydrogen-bond donors (Lipinski definition) is 2. The summed E-state index contributed by atoms with van der Waals surface area (Å²) in [6.45, 7) is 7.38. The highest BCUT2D eigenvalue weighted by Gasteiger charge is 2.43. The van der Waals surface area contributed by atoms with Gasteiger partial charge in [0.25, 0.3) is 5.91 Å². The molecule has 0 aromatic heterocycles. The molecule has 36 heavy (non-hydrogen) atoms. The average molecular weight is 494 g/mol. The SMILES string of the molecule is Cc1cccc(N2CCN(C(=O)CN=C3CCC/C3=C(/N)C(=O)N3C4CCC3CC(O)C4)CC2)c1C. The zero-order valence-electron chi connectivity index (χ0n) is 21.6. The Kier molecular flexibility index (Phi) is 7.06. The van der Waals surface area contributed by atoms with Gasteiger partial charge in [0, 0.05) is 55.2 Å². The van der Waals surface area contributed by atoms with Gasteiger partial charge in [-0.25, -0.2) is 0 Å². The number of amides is 2. The monoisotopic (exact) mass is 493 g/mol. The molecule has 1 saturated carbocycles. The Bertz CT molecular complexity index is 1070. The molecule has 2 unspecified atom stereocenters. The minimum atomic E-state index is -0.322. The molecule has 0 spiro atoms. The van der Waals surface area contributed by atoms with Crippen molar-refractivity contribution < 1.29 is 14.7 Å². The highest BCUT2D eigenvalue weighted by atomic mass is 16.3. The second kappa shape index (κ2) is 10.2. The summed E-state index contributed by atoms with van der Waals surface area (Å²) < 4.78 is 0. The third-order valence-corrected chi connectivity index (χ3v) is 8.64. The fourth-order valence-corrected chi connectivity index (χ4v) is 6.48. The van der Waals surface area contributed by atoms with Crippen LogP contribution in [0, 0.1) is 13.8 Å². The Balaban J connectivity index is 1.20. The van der Waals surface area contributed by atoms with E-state index < -0.39 is 0 Å². The van der Waals surface area contributed by atoms with Crippen LogP contribution >= 0.6 is 0 Å². The number of benzene rings is 1. The van der Waals surface area contributed by atoms with Crippen LogP contribution in [0.2, 0.25) is 0 Å². The van der Waals surface area contributed by atoms with E-state index >= 15 is 0 Å². The van der Waals surface area contributed by atoms with E-state index in [-0.39, 0.29) is 42.2 Å². The summed E-state index contributed by atoms with van der Waals surface area (Å²) in [6, 6.07) is 6.54. The van der Waals surface area contributed by atoms with Gasteiger partial charge >= 0.3 is 0 Å². The summed E-state index contributed by atoms with van der Waals surface area (Å²) in [4.78, 5) is 37.1. The van der Waals surface area contributed by atoms with Crippen LogP contribution in [0.1, 0.15) is 56.1 Å². The van der Waals surface area contributed by atoms with Crippen molar-refractivity contribution in [2.24, 2.45) is 10.7 Å². The fraction of sp³-hybridized carbons (Fsp3) is 0.607. The predicted molar refractivity (Wildman–Crippen MR) is 141 cm³/mol. The van der Waals surface area contributed by atoms with Crippen LogP contribution in [0.5, 0.6) is 0 Å². The highest BCUT2D eigenvalue weighted by molar-refractivity contribution is 6.09. The van der Waals surface area contributed by atoms with Gasteiger partial charge in [-0.1, -0.05) is 12.1 Å². The Morgan fingerprint density at radius 3 is 2.44 bits per heavy atom. The minimum absolute atomic E-state index is 0.0299. The summed E-state index contributed by atoms with van der Waals surface area (Å²) in [5.41, 5.74) is 12.2. The zero-order valence-corrected chi connectivity index (χ0v) is 21.6. The number of rotatable bonds is 4. The number of aliphatic hydroxyl groups excluding tert-OH is 1. The Hall–Kier alpha value is -2.87. The topological polar surface area (TPSA) is 102 Å². The van der Waals surface area contributed by atoms with E-state index in [1.807, 2.05) is 9.80 Å². The van der Waals surface area contributed by atoms with Crippen molar-refractivity contribution in [2.75, 3.05) is 37.6 Å². The lowest BCUT2D eigenvalue weighted by molar-refractivity contribution is -0.133. The van der Waals surface area contributed by atoms with Gasteiger partial charge < -0.3 is 25.5 Å². The van der Waals surface area contributed by atoms with E-state index in [1.165, 1.54) is 16.8 Å². The molecule has 5 rings (SSSR count). The van der Waals surface area contributed by atoms with Crippen molar-refractivity contribution in [3.63, 3.8) is 0 Å². The lowest BCUT2D eigenvalue weighted by atomic mass is 9.98. The van der Waals surface area contributed by atoms with Crippen LogP contribution in [0.4, 0.5) is 5.69 Å². The number of fused-ring (bicyclic) bond motifs is 2. The summed E-state index contributed by atoms with van der Waals surface area (Å²) in [7, 11) is 0. The van der Waals surface area contributed by atoms with Gasteiger partial charge in [-0.05, 0) is 76.0 Å². The highest BCUT2D eigenvalue weighted by Crippen LogP contribution is 2.37. The van der Waals surface area contributed by atoms with E-state index in [9.17, 15) is 14.7 Å². The van der Waals surface area contributed by atoms with Crippen molar-refractivity contribution in [3.05, 3.63) is 40.6 Å². The molecule has 2 atom stereocenters. The molecule has 8 heteroatoms. The maximum atomic E-state index is 13.3. The summed E-state index contributed by atoms with van der Waals surface area (Å²) in [6.07, 6.45) is 5.19. The van der Waals surface area contributed by atoms with Gasteiger partial charge in [-0.3, -0.25) is 14.6 Å². The third-order valence-electron chi connectivity index (χ3n) is 8.64. The van der Waals surface area contributed by atoms with Crippen molar-refractivity contribution in [1.29, 1.82) is 0 Å². The molecule has 0 radical (unpaired) electrons. The summed E-state index contributed by atoms with van der Waals surface area (Å²) >= 11 is 0. The van der Waals surface area contributed by atoms with Crippen LogP contribution in [-0.2, 0) is 9.59 Å². The number of aryl methyl sites for hydroxylation is 1. The number of hydrogen-bond acceptors (Lipinski definition) is 6. The fourth-order valence-electron chi connectivity index (χ4n) is 6.48. The number of nitrogens with two attached hydrogens (primary N) is 1. The van der Waals surface area contributed by atoms with Gasteiger partial charge in [-0.15, -0.1) is 0 Å². The molecule has 3 saturated heterocycles. The number of aliphatic imine (C=N–C) groups is 1. The van der Waals surface area contributed by atoms with E-state index in [0.717, 1.165) is 56.5 Å². The van der Waals surface area contributed by atoms with E-state index in [1.54, 1.807) is 0 Å². The number of carbonyl (C=O) groups is 2. The predicted octanol–water partition coefficient (Wildman–Crippen LogP) is 2.30. The average Bonchev–Trinajstić information content (AvgIpc) is 3.45. The number of anilines is 1. The molecule has 4 fully saturated rings. The number of piperidine rings is 1. The summed E-state index contributed by atoms with van der Waals surface area (Å²) in [5.74, 6) is -0.0878. The molecule has 1 aromatic rings. The van der Waals surface area contributed by atoms with Gasteiger partial charge in [0.2, 0.25) is 5.91 Å². The number of carbonyl (C=O) groups excluding carboxylic acids is 2. The number of allylic oxidation sites excluding steroid dienone is 1. The molecule has 8 nitrogen and oxygen atoms in total. The van der Waals surface area contributed by atoms with Gasteiger partial charge in [0.1, 0.15) is 12.2 Å². The Morgan fingerprint density at radius 1 is 1.06 bits per heavy atom. The Labute approximate surface area is 213 Å². The number of piperazine rings is 1. The molecule has 3 N–H and O–H groups in total. The molecular formula is C28H39N5O3. The maximum Gasteiger partial charge on any atom is 0.270 e. The van der Waals surface area contributed by atoms with Gasteiger partial charge in [0.15, 0.2) is 0 Å². The largest absolute Gasteiger partial charge is 0.394 e. The zero-order chi connectivity index (χ0) is 25.4. The van der Waals surface area contributed by atoms with E-state index in [2.05, 4.69) is 41.9 Å². The van der Waals surface area contributed by atoms with Crippen molar-refractivity contribution in [2.45, 2.75) is 77.0 Å². The molecule has 3 aliphatic heterocycles. The molecule has 1 aliphatic carbocycles. The molecule has 1 aromatic carbocycles. The first-order chi connectivity index (χ1) is 17.3. The van der Waals surface area contributed by atoms with Crippen molar-refractivity contribution >= 4 is 23.2 Å². The Morgan fingerprint density at radius 2 is 1.75 bits per heavy atom. The van der Waals surface area contributed by atoms with Crippen molar-refractivity contribution in [1.82, 2.24) is 9.80 Å². The number of aliphatic hydroxyl groups is 1. The molecule has 2 amide bonds. The van der Waals surface area contributed by atoms with E-state index in [0.29, 0.717) is 25.9 Å². The molecule has 194 valence electrons. The van der Waals surface area contributed by atoms with Gasteiger partial charge in [-0.2, -0.15) is 0 Å². The van der Waals surface area contributed by atoms with E-state index in [4.69, 9.17) is 5.73 Å². The lowest BCUT2D eigenvalue weighted by Crippen LogP contribution is -2.50. The second-order valence-electron chi connectivity index (χ2n) is 10.8. The first kappa shape index (κ1) is 24.8. The second-order valence-corrected chi connectivity index (χ2v) is 10.8. The number of nitrogens with zero attached hydrogens (tertiary/aromatic N) is 4. The first-order valence-corrected chi connectivity index (χ1v) is 13.5. The van der Waals surface area contributed by atoms with Crippen LogP contribution in [-0.4, -0.2) is 83.3 Å². The van der Waals surface area contributed by atoms with Crippen LogP contribution in [0.15, 0.2) is 34.5 Å². The molecule has 3 heterocycles. The standard InChI is InChI=1S/C28H39N5O3/c1-18-5-3-8-25(19(18)2)31-11-13-32(14-12-31)26(35)17-30-24-7-4-6-23(24)27(29)28(36)33-20-9-10-21(33)16-22(34)15-20/h3,5,8,20-22,34H,4,6-7,9-17,29H2,1-2H3/b27-23-,30-24?. The molecule has 2 bridgehead atoms. The van der Waals surface area contributed by atoms with Crippen LogP contribution in [0.25, 0.3) is 0 Å². The maximum absolute atomic E-state index is 13.3. The van der Waals surface area contributed by atoms with Crippen LogP contribution in [0.3, 0.4) is 0 Å². The quantitative estimate of drug-likeness (QED) is 0.627. The van der Waals surface area contributed by atoms with Gasteiger partial charge in [0.05, 0.1) is 6.10 Å². The van der Waals surface area contributed by atoms with Crippen LogP contribution < -0.4 is 10.6 Å². The minimum Gasteiger partial charge on any atom is -0.394 e. The molecular weight excluding hydrogens is 454 g/mol. The van der Waals surface area contributed by atoms with Crippen molar-refractivity contribution in [3.8, 4) is 0 Å². The summed E-state index contributed by atoms with van der Waals surface area (Å²) in [5, 5.41) is 10.1.